The average Bonchev–Trinajstić information content (AvgIpc) is 2.48. The summed E-state index contributed by atoms with van der Waals surface area (Å²) in [5.41, 5.74) is 0.278. The van der Waals surface area contributed by atoms with Crippen LogP contribution in [0, 0.1) is 5.92 Å². The molecule has 0 saturated heterocycles. The first-order valence-corrected chi connectivity index (χ1v) is 8.03. The molecule has 0 aliphatic rings. The summed E-state index contributed by atoms with van der Waals surface area (Å²) in [6.07, 6.45) is 0.652. The lowest BCUT2D eigenvalue weighted by Gasteiger charge is -2.20. The fourth-order valence-corrected chi connectivity index (χ4v) is 2.53. The number of halogens is 2. The van der Waals surface area contributed by atoms with Crippen LogP contribution in [0.25, 0.3) is 0 Å². The molecule has 0 radical (unpaired) electrons. The Morgan fingerprint density at radius 3 is 2.52 bits per heavy atom. The maximum atomic E-state index is 12.5. The molecule has 1 aromatic carbocycles. The van der Waals surface area contributed by atoms with E-state index in [0.717, 1.165) is 0 Å². The number of hydrogen-bond acceptors (Lipinski definition) is 4. The number of carbonyl (C=O) groups excluding carboxylic acids is 1. The van der Waals surface area contributed by atoms with Gasteiger partial charge in [0.25, 0.3) is 5.76 Å². The second-order valence-electron chi connectivity index (χ2n) is 5.01. The summed E-state index contributed by atoms with van der Waals surface area (Å²) in [4.78, 5) is 23.3. The number of nitrogens with one attached hydrogen (secondary N) is 2. The van der Waals surface area contributed by atoms with E-state index in [-0.39, 0.29) is 23.0 Å². The fourth-order valence-electron chi connectivity index (χ4n) is 1.93. The van der Waals surface area contributed by atoms with Gasteiger partial charge < -0.3 is 10.4 Å². The first kappa shape index (κ1) is 19.4. The summed E-state index contributed by atoms with van der Waals surface area (Å²) in [6, 6.07) is 5.39. The minimum absolute atomic E-state index is 0.137. The largest absolute Gasteiger partial charge is 0.480 e. The van der Waals surface area contributed by atoms with Crippen LogP contribution in [0.1, 0.15) is 20.3 Å². The second kappa shape index (κ2) is 9.46. The molecule has 0 spiro atoms. The molecule has 0 aromatic heterocycles. The van der Waals surface area contributed by atoms with E-state index in [0.29, 0.717) is 18.2 Å². The van der Waals surface area contributed by atoms with Crippen LogP contribution in [0.2, 0.25) is 0 Å². The van der Waals surface area contributed by atoms with Gasteiger partial charge in [0.2, 0.25) is 5.91 Å². The molecule has 0 unspecified atom stereocenters. The van der Waals surface area contributed by atoms with Crippen molar-refractivity contribution in [3.8, 4) is 0 Å². The number of thioether (sulfide) groups is 1. The zero-order valence-corrected chi connectivity index (χ0v) is 13.7. The standard InChI is InChI=1S/C15H20F2N2O3S/c1-3-9(2)13(14(21)22)18-8-12(20)19-10-6-4-5-7-11(10)23-15(16)17/h4-7,9,13,15,18H,3,8H2,1-2H3,(H,19,20)(H,21,22)/t9-,13-/m0/s1. The lowest BCUT2D eigenvalue weighted by Crippen LogP contribution is -2.45. The molecule has 0 bridgehead atoms. The molecule has 1 amide bonds. The van der Waals surface area contributed by atoms with Crippen LogP contribution in [0.5, 0.6) is 0 Å². The van der Waals surface area contributed by atoms with E-state index in [2.05, 4.69) is 10.6 Å². The number of hydrogen-bond donors (Lipinski definition) is 3. The fraction of sp³-hybridized carbons (Fsp3) is 0.467. The van der Waals surface area contributed by atoms with Gasteiger partial charge in [-0.25, -0.2) is 0 Å². The highest BCUT2D eigenvalue weighted by Gasteiger charge is 2.23. The molecule has 0 fully saturated rings. The van der Waals surface area contributed by atoms with E-state index in [1.165, 1.54) is 12.1 Å². The monoisotopic (exact) mass is 346 g/mol. The van der Waals surface area contributed by atoms with E-state index in [1.807, 2.05) is 6.92 Å². The quantitative estimate of drug-likeness (QED) is 0.599. The highest BCUT2D eigenvalue weighted by atomic mass is 32.2. The van der Waals surface area contributed by atoms with Crippen LogP contribution in [0.4, 0.5) is 14.5 Å². The van der Waals surface area contributed by atoms with Crippen LogP contribution >= 0.6 is 11.8 Å². The minimum Gasteiger partial charge on any atom is -0.480 e. The number of anilines is 1. The Bertz CT molecular complexity index is 543. The maximum Gasteiger partial charge on any atom is 0.320 e. The molecule has 8 heteroatoms. The van der Waals surface area contributed by atoms with Crippen LogP contribution < -0.4 is 10.6 Å². The van der Waals surface area contributed by atoms with Gasteiger partial charge in [-0.3, -0.25) is 14.9 Å². The highest BCUT2D eigenvalue weighted by molar-refractivity contribution is 7.99. The number of alkyl halides is 2. The minimum atomic E-state index is -2.59. The molecule has 1 rings (SSSR count). The van der Waals surface area contributed by atoms with Gasteiger partial charge in [0.15, 0.2) is 0 Å². The SMILES string of the molecule is CC[C@H](C)[C@H](NCC(=O)Nc1ccccc1SC(F)F)C(=O)O. The number of benzene rings is 1. The van der Waals surface area contributed by atoms with Gasteiger partial charge in [-0.1, -0.05) is 44.2 Å². The zero-order chi connectivity index (χ0) is 17.4. The number of carboxylic acids is 1. The number of carbonyl (C=O) groups is 2. The third-order valence-electron chi connectivity index (χ3n) is 3.34. The first-order valence-electron chi connectivity index (χ1n) is 7.15. The molecular formula is C15H20F2N2O3S. The predicted octanol–water partition coefficient (Wildman–Crippen LogP) is 3.03. The lowest BCUT2D eigenvalue weighted by molar-refractivity contribution is -0.140. The van der Waals surface area contributed by atoms with Crippen molar-refractivity contribution in [1.29, 1.82) is 0 Å². The topological polar surface area (TPSA) is 78.4 Å². The average molecular weight is 346 g/mol. The third-order valence-corrected chi connectivity index (χ3v) is 4.13. The molecular weight excluding hydrogens is 326 g/mol. The van der Waals surface area contributed by atoms with Crippen molar-refractivity contribution in [3.63, 3.8) is 0 Å². The summed E-state index contributed by atoms with van der Waals surface area (Å²) in [7, 11) is 0. The maximum absolute atomic E-state index is 12.5. The van der Waals surface area contributed by atoms with E-state index in [4.69, 9.17) is 5.11 Å². The van der Waals surface area contributed by atoms with E-state index < -0.39 is 23.7 Å². The molecule has 2 atom stereocenters. The molecule has 1 aromatic rings. The summed E-state index contributed by atoms with van der Waals surface area (Å²) < 4.78 is 25.0. The van der Waals surface area contributed by atoms with Crippen LogP contribution in [-0.4, -0.2) is 35.3 Å². The van der Waals surface area contributed by atoms with Crippen LogP contribution in [-0.2, 0) is 9.59 Å². The van der Waals surface area contributed by atoms with E-state index in [9.17, 15) is 18.4 Å². The van der Waals surface area contributed by atoms with Crippen molar-refractivity contribution >= 4 is 29.3 Å². The number of carboxylic acid groups (broad SMARTS) is 1. The Kier molecular flexibility index (Phi) is 7.97. The Balaban J connectivity index is 2.65. The molecule has 5 nitrogen and oxygen atoms in total. The lowest BCUT2D eigenvalue weighted by atomic mass is 9.99. The third kappa shape index (κ3) is 6.54. The van der Waals surface area contributed by atoms with Crippen molar-refractivity contribution in [3.05, 3.63) is 24.3 Å². The summed E-state index contributed by atoms with van der Waals surface area (Å²) in [5.74, 6) is -4.24. The molecule has 3 N–H and O–H groups in total. The first-order chi connectivity index (χ1) is 10.8. The molecule has 128 valence electrons. The molecule has 0 saturated carbocycles. The molecule has 0 aliphatic heterocycles. The van der Waals surface area contributed by atoms with Crippen LogP contribution in [0.15, 0.2) is 29.2 Å². The van der Waals surface area contributed by atoms with Crippen LogP contribution in [0.3, 0.4) is 0 Å². The second-order valence-corrected chi connectivity index (χ2v) is 6.04. The normalized spacial score (nSPS) is 13.6. The number of rotatable bonds is 9. The predicted molar refractivity (Wildman–Crippen MR) is 85.8 cm³/mol. The number of amides is 1. The van der Waals surface area contributed by atoms with Gasteiger partial charge in [0.1, 0.15) is 6.04 Å². The van der Waals surface area contributed by atoms with Gasteiger partial charge in [0.05, 0.1) is 12.2 Å². The van der Waals surface area contributed by atoms with Gasteiger partial charge >= 0.3 is 5.97 Å². The van der Waals surface area contributed by atoms with Gasteiger partial charge in [0, 0.05) is 4.90 Å². The van der Waals surface area contributed by atoms with E-state index >= 15 is 0 Å². The summed E-state index contributed by atoms with van der Waals surface area (Å²) in [6.45, 7) is 3.42. The van der Waals surface area contributed by atoms with E-state index in [1.54, 1.807) is 19.1 Å². The van der Waals surface area contributed by atoms with Crippen molar-refractivity contribution in [2.75, 3.05) is 11.9 Å². The van der Waals surface area contributed by atoms with Crippen molar-refractivity contribution in [2.45, 2.75) is 37.0 Å². The molecule has 23 heavy (non-hydrogen) atoms. The van der Waals surface area contributed by atoms with Gasteiger partial charge in [-0.05, 0) is 18.1 Å². The molecule has 0 aliphatic carbocycles. The smallest absolute Gasteiger partial charge is 0.320 e. The Labute approximate surface area is 137 Å². The summed E-state index contributed by atoms with van der Waals surface area (Å²) >= 11 is 0.342. The van der Waals surface area contributed by atoms with Gasteiger partial charge in [-0.2, -0.15) is 8.78 Å². The Morgan fingerprint density at radius 1 is 1.30 bits per heavy atom. The van der Waals surface area contributed by atoms with Crippen molar-refractivity contribution < 1.29 is 23.5 Å². The summed E-state index contributed by atoms with van der Waals surface area (Å²) in [5, 5.41) is 14.3. The zero-order valence-electron chi connectivity index (χ0n) is 12.9. The number of aliphatic carboxylic acids is 1. The highest BCUT2D eigenvalue weighted by Crippen LogP contribution is 2.31. The Hall–Kier alpha value is -1.67. The van der Waals surface area contributed by atoms with Gasteiger partial charge in [-0.15, -0.1) is 0 Å². The molecule has 0 heterocycles. The van der Waals surface area contributed by atoms with Crippen molar-refractivity contribution in [2.24, 2.45) is 5.92 Å². The Morgan fingerprint density at radius 2 is 1.96 bits per heavy atom. The number of para-hydroxylation sites is 1. The van der Waals surface area contributed by atoms with Crippen molar-refractivity contribution in [1.82, 2.24) is 5.32 Å².